The fraction of sp³-hybridized carbons (Fsp3) is 0.333. The molecule has 7 heteroatoms. The van der Waals surface area contributed by atoms with Gasteiger partial charge in [-0.15, -0.1) is 0 Å². The molecule has 0 aliphatic heterocycles. The van der Waals surface area contributed by atoms with Gasteiger partial charge in [-0.1, -0.05) is 11.8 Å². The van der Waals surface area contributed by atoms with Crippen molar-refractivity contribution in [2.45, 2.75) is 31.8 Å². The van der Waals surface area contributed by atoms with E-state index < -0.39 is 0 Å². The van der Waals surface area contributed by atoms with E-state index in [4.69, 9.17) is 0 Å². The average molecular weight is 318 g/mol. The summed E-state index contributed by atoms with van der Waals surface area (Å²) in [6, 6.07) is 3.66. The third kappa shape index (κ3) is 4.17. The molecule has 0 spiro atoms. The third-order valence-corrected chi connectivity index (χ3v) is 3.76. The van der Waals surface area contributed by atoms with Crippen LogP contribution in [0.15, 0.2) is 28.3 Å². The Morgan fingerprint density at radius 2 is 2.18 bits per heavy atom. The van der Waals surface area contributed by atoms with Crippen LogP contribution in [-0.4, -0.2) is 27.1 Å². The molecular weight excluding hydrogens is 300 g/mol. The van der Waals surface area contributed by atoms with Crippen LogP contribution in [0, 0.1) is 13.8 Å². The first kappa shape index (κ1) is 16.2. The minimum atomic E-state index is -0.182. The number of aryl methyl sites for hydroxylation is 2. The Morgan fingerprint density at radius 3 is 2.82 bits per heavy atom. The summed E-state index contributed by atoms with van der Waals surface area (Å²) < 4.78 is 0. The number of hydrogen-bond donors (Lipinski definition) is 2. The van der Waals surface area contributed by atoms with Crippen LogP contribution in [0.25, 0.3) is 0 Å². The molecule has 0 fully saturated rings. The quantitative estimate of drug-likeness (QED) is 0.651. The highest BCUT2D eigenvalue weighted by atomic mass is 32.2. The number of carbonyl (C=O) groups excluding carboxylic acids is 1. The number of nitrogens with one attached hydrogen (secondary N) is 2. The first-order chi connectivity index (χ1) is 10.5. The summed E-state index contributed by atoms with van der Waals surface area (Å²) in [4.78, 5) is 35.0. The summed E-state index contributed by atoms with van der Waals surface area (Å²) in [6.45, 7) is 3.71. The fourth-order valence-corrected chi connectivity index (χ4v) is 2.45. The maximum absolute atomic E-state index is 12.0. The lowest BCUT2D eigenvalue weighted by molar-refractivity contribution is -0.116. The SMILES string of the molecule is CSc1nc(C)c(CCC(=O)Nc2cc(C)ccn2)c(=O)[nH]1. The van der Waals surface area contributed by atoms with Gasteiger partial charge in [0.2, 0.25) is 5.91 Å². The normalized spacial score (nSPS) is 10.5. The van der Waals surface area contributed by atoms with Crippen LogP contribution >= 0.6 is 11.8 Å². The van der Waals surface area contributed by atoms with Crippen LogP contribution in [0.2, 0.25) is 0 Å². The Kier molecular flexibility index (Phi) is 5.32. The average Bonchev–Trinajstić information content (AvgIpc) is 2.46. The Hall–Kier alpha value is -2.15. The molecule has 2 rings (SSSR count). The number of rotatable bonds is 5. The van der Waals surface area contributed by atoms with Crippen LogP contribution in [0.1, 0.15) is 23.2 Å². The van der Waals surface area contributed by atoms with Crippen molar-refractivity contribution in [3.63, 3.8) is 0 Å². The van der Waals surface area contributed by atoms with E-state index in [1.807, 2.05) is 19.2 Å². The Balaban J connectivity index is 2.01. The number of aromatic nitrogens is 3. The van der Waals surface area contributed by atoms with Gasteiger partial charge in [0.05, 0.1) is 0 Å². The van der Waals surface area contributed by atoms with Gasteiger partial charge in [0.25, 0.3) is 5.56 Å². The van der Waals surface area contributed by atoms with E-state index in [-0.39, 0.29) is 17.9 Å². The molecule has 0 radical (unpaired) electrons. The molecule has 2 N–H and O–H groups in total. The first-order valence-corrected chi connectivity index (χ1v) is 8.08. The van der Waals surface area contributed by atoms with Crippen molar-refractivity contribution in [2.24, 2.45) is 0 Å². The molecule has 0 bridgehead atoms. The molecule has 2 aromatic heterocycles. The zero-order valence-electron chi connectivity index (χ0n) is 12.8. The van der Waals surface area contributed by atoms with E-state index in [0.717, 1.165) is 5.56 Å². The van der Waals surface area contributed by atoms with Crippen molar-refractivity contribution in [3.05, 3.63) is 45.5 Å². The predicted molar refractivity (Wildman–Crippen MR) is 87.3 cm³/mol. The number of aromatic amines is 1. The number of H-pyrrole nitrogens is 1. The highest BCUT2D eigenvalue weighted by molar-refractivity contribution is 7.98. The van der Waals surface area contributed by atoms with Gasteiger partial charge in [-0.25, -0.2) is 9.97 Å². The molecule has 0 unspecified atom stereocenters. The van der Waals surface area contributed by atoms with E-state index in [2.05, 4.69) is 20.3 Å². The number of pyridine rings is 1. The molecule has 0 atom stereocenters. The number of anilines is 1. The molecule has 2 aromatic rings. The van der Waals surface area contributed by atoms with Gasteiger partial charge in [0.1, 0.15) is 5.82 Å². The molecule has 1 amide bonds. The molecule has 2 heterocycles. The molecule has 22 heavy (non-hydrogen) atoms. The molecule has 0 aliphatic carbocycles. The molecule has 0 aliphatic rings. The van der Waals surface area contributed by atoms with Gasteiger partial charge in [-0.3, -0.25) is 9.59 Å². The summed E-state index contributed by atoms with van der Waals surface area (Å²) in [5.74, 6) is 0.345. The van der Waals surface area contributed by atoms with Crippen LogP contribution in [0.5, 0.6) is 0 Å². The third-order valence-electron chi connectivity index (χ3n) is 3.18. The molecule has 116 valence electrons. The van der Waals surface area contributed by atoms with Gasteiger partial charge >= 0.3 is 0 Å². The van der Waals surface area contributed by atoms with Crippen LogP contribution in [0.3, 0.4) is 0 Å². The van der Waals surface area contributed by atoms with Crippen molar-refractivity contribution in [3.8, 4) is 0 Å². The van der Waals surface area contributed by atoms with Gasteiger partial charge < -0.3 is 10.3 Å². The maximum Gasteiger partial charge on any atom is 0.254 e. The summed E-state index contributed by atoms with van der Waals surface area (Å²) >= 11 is 1.38. The van der Waals surface area contributed by atoms with E-state index in [9.17, 15) is 9.59 Å². The fourth-order valence-electron chi connectivity index (χ4n) is 2.02. The molecule has 0 aromatic carbocycles. The lowest BCUT2D eigenvalue weighted by atomic mass is 10.1. The van der Waals surface area contributed by atoms with Crippen molar-refractivity contribution >= 4 is 23.5 Å². The Labute approximate surface area is 132 Å². The summed E-state index contributed by atoms with van der Waals surface area (Å²) in [5.41, 5.74) is 2.05. The second kappa shape index (κ2) is 7.22. The number of hydrogen-bond acceptors (Lipinski definition) is 5. The van der Waals surface area contributed by atoms with Gasteiger partial charge in [0.15, 0.2) is 5.16 Å². The number of nitrogens with zero attached hydrogens (tertiary/aromatic N) is 2. The van der Waals surface area contributed by atoms with Crippen molar-refractivity contribution < 1.29 is 4.79 Å². The summed E-state index contributed by atoms with van der Waals surface area (Å²) in [7, 11) is 0. The van der Waals surface area contributed by atoms with Crippen molar-refractivity contribution in [1.29, 1.82) is 0 Å². The second-order valence-corrected chi connectivity index (χ2v) is 5.70. The van der Waals surface area contributed by atoms with Gasteiger partial charge in [-0.05, 0) is 44.2 Å². The van der Waals surface area contributed by atoms with Gasteiger partial charge in [-0.2, -0.15) is 0 Å². The predicted octanol–water partition coefficient (Wildman–Crippen LogP) is 2.07. The van der Waals surface area contributed by atoms with E-state index in [1.54, 1.807) is 19.2 Å². The van der Waals surface area contributed by atoms with Crippen molar-refractivity contribution in [2.75, 3.05) is 11.6 Å². The monoisotopic (exact) mass is 318 g/mol. The Bertz CT molecular complexity index is 743. The maximum atomic E-state index is 12.0. The zero-order valence-corrected chi connectivity index (χ0v) is 13.6. The lowest BCUT2D eigenvalue weighted by Gasteiger charge is -2.07. The lowest BCUT2D eigenvalue weighted by Crippen LogP contribution is -2.20. The summed E-state index contributed by atoms with van der Waals surface area (Å²) in [6.07, 6.45) is 4.05. The smallest absolute Gasteiger partial charge is 0.254 e. The second-order valence-electron chi connectivity index (χ2n) is 4.91. The summed E-state index contributed by atoms with van der Waals surface area (Å²) in [5, 5.41) is 3.31. The number of carbonyl (C=O) groups is 1. The Morgan fingerprint density at radius 1 is 1.41 bits per heavy atom. The largest absolute Gasteiger partial charge is 0.311 e. The minimum Gasteiger partial charge on any atom is -0.311 e. The number of thioether (sulfide) groups is 1. The van der Waals surface area contributed by atoms with Gasteiger partial charge in [0, 0.05) is 23.9 Å². The minimum absolute atomic E-state index is 0.175. The van der Waals surface area contributed by atoms with Crippen LogP contribution < -0.4 is 10.9 Å². The topological polar surface area (TPSA) is 87.7 Å². The van der Waals surface area contributed by atoms with E-state index in [1.165, 1.54) is 11.8 Å². The highest BCUT2D eigenvalue weighted by Crippen LogP contribution is 2.10. The molecule has 0 saturated heterocycles. The molecular formula is C15H18N4O2S. The molecule has 0 saturated carbocycles. The molecule has 6 nitrogen and oxygen atoms in total. The van der Waals surface area contributed by atoms with Crippen molar-refractivity contribution in [1.82, 2.24) is 15.0 Å². The van der Waals surface area contributed by atoms with E-state index in [0.29, 0.717) is 28.7 Å². The zero-order chi connectivity index (χ0) is 16.1. The highest BCUT2D eigenvalue weighted by Gasteiger charge is 2.11. The van der Waals surface area contributed by atoms with Crippen LogP contribution in [-0.2, 0) is 11.2 Å². The number of amides is 1. The first-order valence-electron chi connectivity index (χ1n) is 6.86. The standard InChI is InChI=1S/C15H18N4O2S/c1-9-6-7-16-12(8-9)18-13(20)5-4-11-10(2)17-15(22-3)19-14(11)21/h6-8H,4-5H2,1-3H3,(H,16,18,20)(H,17,19,21). The van der Waals surface area contributed by atoms with Crippen LogP contribution in [0.4, 0.5) is 5.82 Å². The van der Waals surface area contributed by atoms with E-state index >= 15 is 0 Å².